The lowest BCUT2D eigenvalue weighted by Crippen LogP contribution is -2.34. The van der Waals surface area contributed by atoms with Gasteiger partial charge in [-0.1, -0.05) is 95.9 Å². The van der Waals surface area contributed by atoms with Crippen LogP contribution >= 0.6 is 0 Å². The molecule has 0 atom stereocenters. The molecule has 5 rings (SSSR count). The number of Topliss-reactive ketones (excluding diaryl/α,β-unsaturated/α-hetero) is 1. The molecule has 3 heteroatoms. The monoisotopic (exact) mass is 502 g/mol. The summed E-state index contributed by atoms with van der Waals surface area (Å²) in [7, 11) is 0. The quantitative estimate of drug-likeness (QED) is 0.288. The standard InChI is InChI=1S/C34H50N2O/c1-3-5-10-20-34(21-11-6-4-2)30-18-19-31(28-16-12-17-29(32(28)30)33(34)37)36-23-13-22-35(24-25-36)26-27-14-8-7-9-15-27/h12,16-19,27H,3-11,13-15,20-26H2,1-2H3. The second kappa shape index (κ2) is 12.3. The number of anilines is 1. The number of unbranched alkanes of at least 4 members (excludes halogenated alkanes) is 4. The van der Waals surface area contributed by atoms with E-state index in [9.17, 15) is 4.79 Å². The van der Waals surface area contributed by atoms with E-state index in [1.807, 2.05) is 0 Å². The first-order valence-corrected chi connectivity index (χ1v) is 15.8. The maximum absolute atomic E-state index is 14.1. The third-order valence-electron chi connectivity index (χ3n) is 9.80. The maximum atomic E-state index is 14.1. The molecular formula is C34H50N2O. The number of hydrogen-bond acceptors (Lipinski definition) is 3. The van der Waals surface area contributed by atoms with Crippen LogP contribution in [0.4, 0.5) is 5.69 Å². The van der Waals surface area contributed by atoms with Gasteiger partial charge in [0, 0.05) is 42.8 Å². The summed E-state index contributed by atoms with van der Waals surface area (Å²) >= 11 is 0. The van der Waals surface area contributed by atoms with Gasteiger partial charge in [0.1, 0.15) is 0 Å². The van der Waals surface area contributed by atoms with Crippen molar-refractivity contribution in [3.05, 3.63) is 41.5 Å². The summed E-state index contributed by atoms with van der Waals surface area (Å²) < 4.78 is 0. The Morgan fingerprint density at radius 2 is 1.57 bits per heavy atom. The zero-order valence-corrected chi connectivity index (χ0v) is 23.7. The van der Waals surface area contributed by atoms with Crippen LogP contribution in [0, 0.1) is 5.92 Å². The number of benzene rings is 2. The molecule has 0 N–H and O–H groups in total. The number of rotatable bonds is 11. The summed E-state index contributed by atoms with van der Waals surface area (Å²) in [4.78, 5) is 19.5. The molecule has 1 saturated carbocycles. The Kier molecular flexibility index (Phi) is 8.90. The van der Waals surface area contributed by atoms with E-state index in [4.69, 9.17) is 0 Å². The molecule has 0 bridgehead atoms. The summed E-state index contributed by atoms with van der Waals surface area (Å²) in [5.41, 5.74) is 3.38. The Hall–Kier alpha value is -1.87. The fraction of sp³-hybridized carbons (Fsp3) is 0.676. The van der Waals surface area contributed by atoms with E-state index in [-0.39, 0.29) is 5.41 Å². The van der Waals surface area contributed by atoms with Crippen molar-refractivity contribution in [3.63, 3.8) is 0 Å². The number of nitrogens with zero attached hydrogens (tertiary/aromatic N) is 2. The molecule has 2 aromatic rings. The summed E-state index contributed by atoms with van der Waals surface area (Å²) in [6.45, 7) is 10.4. The zero-order valence-electron chi connectivity index (χ0n) is 23.7. The van der Waals surface area contributed by atoms with Crippen LogP contribution in [0.1, 0.15) is 120 Å². The second-order valence-electron chi connectivity index (χ2n) is 12.3. The van der Waals surface area contributed by atoms with Gasteiger partial charge >= 0.3 is 0 Å². The van der Waals surface area contributed by atoms with Crippen molar-refractivity contribution in [2.75, 3.05) is 37.6 Å². The lowest BCUT2D eigenvalue weighted by atomic mass is 9.72. The van der Waals surface area contributed by atoms with Crippen LogP contribution in [-0.4, -0.2) is 43.4 Å². The van der Waals surface area contributed by atoms with E-state index in [0.717, 1.165) is 56.8 Å². The average molecular weight is 503 g/mol. The molecule has 2 aromatic carbocycles. The van der Waals surface area contributed by atoms with Gasteiger partial charge in [-0.05, 0) is 61.6 Å². The number of ketones is 1. The number of hydrogen-bond donors (Lipinski definition) is 0. The Morgan fingerprint density at radius 1 is 0.811 bits per heavy atom. The highest BCUT2D eigenvalue weighted by Crippen LogP contribution is 2.50. The van der Waals surface area contributed by atoms with Crippen LogP contribution in [0.25, 0.3) is 10.8 Å². The van der Waals surface area contributed by atoms with Gasteiger partial charge in [-0.3, -0.25) is 4.79 Å². The van der Waals surface area contributed by atoms with E-state index in [2.05, 4.69) is 54.0 Å². The van der Waals surface area contributed by atoms with E-state index in [1.54, 1.807) is 0 Å². The predicted octanol–water partition coefficient (Wildman–Crippen LogP) is 8.53. The minimum Gasteiger partial charge on any atom is -0.370 e. The number of carbonyl (C=O) groups excluding carboxylic acids is 1. The third kappa shape index (κ3) is 5.49. The summed E-state index contributed by atoms with van der Waals surface area (Å²) in [6, 6.07) is 11.3. The predicted molar refractivity (Wildman–Crippen MR) is 158 cm³/mol. The highest BCUT2D eigenvalue weighted by molar-refractivity contribution is 6.22. The molecular weight excluding hydrogens is 452 g/mol. The van der Waals surface area contributed by atoms with E-state index >= 15 is 0 Å². The zero-order chi connectivity index (χ0) is 25.7. The van der Waals surface area contributed by atoms with Crippen molar-refractivity contribution in [2.45, 2.75) is 109 Å². The molecule has 1 saturated heterocycles. The van der Waals surface area contributed by atoms with Crippen LogP contribution in [0.15, 0.2) is 30.3 Å². The SMILES string of the molecule is CCCCCC1(CCCCC)C(=O)c2cccc3c(N4CCCN(CC5CCCCC5)CC4)ccc1c23. The van der Waals surface area contributed by atoms with E-state index in [1.165, 1.54) is 99.3 Å². The molecule has 2 fully saturated rings. The van der Waals surface area contributed by atoms with Gasteiger partial charge in [0.2, 0.25) is 0 Å². The Morgan fingerprint density at radius 3 is 2.30 bits per heavy atom. The average Bonchev–Trinajstić information content (AvgIpc) is 3.05. The molecule has 202 valence electrons. The normalized spacial score (nSPS) is 20.6. The van der Waals surface area contributed by atoms with Crippen molar-refractivity contribution in [2.24, 2.45) is 5.92 Å². The topological polar surface area (TPSA) is 23.6 Å². The van der Waals surface area contributed by atoms with Crippen molar-refractivity contribution in [3.8, 4) is 0 Å². The molecule has 2 aliphatic carbocycles. The largest absolute Gasteiger partial charge is 0.370 e. The van der Waals surface area contributed by atoms with Gasteiger partial charge in [0.15, 0.2) is 5.78 Å². The highest BCUT2D eigenvalue weighted by Gasteiger charge is 2.46. The van der Waals surface area contributed by atoms with Crippen LogP contribution < -0.4 is 4.90 Å². The van der Waals surface area contributed by atoms with Crippen molar-refractivity contribution in [1.29, 1.82) is 0 Å². The van der Waals surface area contributed by atoms with Gasteiger partial charge in [-0.15, -0.1) is 0 Å². The molecule has 0 spiro atoms. The molecule has 0 aromatic heterocycles. The first kappa shape index (κ1) is 26.7. The molecule has 0 radical (unpaired) electrons. The van der Waals surface area contributed by atoms with Crippen LogP contribution in [-0.2, 0) is 5.41 Å². The van der Waals surface area contributed by atoms with Gasteiger partial charge in [0.05, 0.1) is 5.41 Å². The molecule has 1 heterocycles. The van der Waals surface area contributed by atoms with Gasteiger partial charge in [0.25, 0.3) is 0 Å². The minimum absolute atomic E-state index is 0.305. The van der Waals surface area contributed by atoms with Crippen LogP contribution in [0.2, 0.25) is 0 Å². The maximum Gasteiger partial charge on any atom is 0.174 e. The molecule has 0 amide bonds. The van der Waals surface area contributed by atoms with Crippen molar-refractivity contribution >= 4 is 22.2 Å². The van der Waals surface area contributed by atoms with Crippen molar-refractivity contribution < 1.29 is 4.79 Å². The van der Waals surface area contributed by atoms with Crippen LogP contribution in [0.3, 0.4) is 0 Å². The lowest BCUT2D eigenvalue weighted by molar-refractivity contribution is 0.0870. The highest BCUT2D eigenvalue weighted by atomic mass is 16.1. The summed E-state index contributed by atoms with van der Waals surface area (Å²) in [5, 5.41) is 2.60. The molecule has 3 aliphatic rings. The van der Waals surface area contributed by atoms with Gasteiger partial charge in [-0.25, -0.2) is 0 Å². The van der Waals surface area contributed by atoms with Gasteiger partial charge < -0.3 is 9.80 Å². The van der Waals surface area contributed by atoms with E-state index in [0.29, 0.717) is 5.78 Å². The number of carbonyl (C=O) groups is 1. The summed E-state index contributed by atoms with van der Waals surface area (Å²) in [5.74, 6) is 1.32. The first-order valence-electron chi connectivity index (χ1n) is 15.8. The smallest absolute Gasteiger partial charge is 0.174 e. The van der Waals surface area contributed by atoms with E-state index < -0.39 is 0 Å². The molecule has 37 heavy (non-hydrogen) atoms. The summed E-state index contributed by atoms with van der Waals surface area (Å²) in [6.07, 6.45) is 17.5. The Bertz CT molecular complexity index is 1040. The van der Waals surface area contributed by atoms with Gasteiger partial charge in [-0.2, -0.15) is 0 Å². The second-order valence-corrected chi connectivity index (χ2v) is 12.3. The fourth-order valence-corrected chi connectivity index (χ4v) is 7.74. The molecule has 1 aliphatic heterocycles. The first-order chi connectivity index (χ1) is 18.2. The Balaban J connectivity index is 1.41. The lowest BCUT2D eigenvalue weighted by Gasteiger charge is -2.31. The van der Waals surface area contributed by atoms with Crippen LogP contribution in [0.5, 0.6) is 0 Å². The third-order valence-corrected chi connectivity index (χ3v) is 9.80. The Labute approximate surface area is 226 Å². The molecule has 3 nitrogen and oxygen atoms in total. The fourth-order valence-electron chi connectivity index (χ4n) is 7.74. The molecule has 0 unspecified atom stereocenters. The van der Waals surface area contributed by atoms with Crippen molar-refractivity contribution in [1.82, 2.24) is 4.90 Å². The minimum atomic E-state index is -0.305.